The number of halogens is 2. The van der Waals surface area contributed by atoms with Crippen molar-refractivity contribution in [3.63, 3.8) is 0 Å². The number of sulfone groups is 1. The van der Waals surface area contributed by atoms with E-state index in [2.05, 4.69) is 0 Å². The van der Waals surface area contributed by atoms with E-state index in [0.29, 0.717) is 34.5 Å². The van der Waals surface area contributed by atoms with Gasteiger partial charge in [0, 0.05) is 28.4 Å². The van der Waals surface area contributed by atoms with Crippen LogP contribution in [0.5, 0.6) is 0 Å². The van der Waals surface area contributed by atoms with Crippen LogP contribution in [0.15, 0.2) is 18.2 Å². The minimum atomic E-state index is -2.99. The van der Waals surface area contributed by atoms with E-state index in [1.807, 2.05) is 13.0 Å². The Kier molecular flexibility index (Phi) is 6.66. The largest absolute Gasteiger partial charge is 0.338 e. The monoisotopic (exact) mass is 395 g/mol. The summed E-state index contributed by atoms with van der Waals surface area (Å²) >= 11 is 13.4. The van der Waals surface area contributed by atoms with E-state index in [0.717, 1.165) is 5.56 Å². The smallest absolute Gasteiger partial charge is 0.232 e. The summed E-state index contributed by atoms with van der Waals surface area (Å²) < 4.78 is 23.2. The highest BCUT2D eigenvalue weighted by Crippen LogP contribution is 2.25. The van der Waals surface area contributed by atoms with Crippen LogP contribution in [-0.2, 0) is 20.4 Å². The van der Waals surface area contributed by atoms with Crippen LogP contribution in [0.2, 0.25) is 10.0 Å². The zero-order valence-electron chi connectivity index (χ0n) is 12.8. The van der Waals surface area contributed by atoms with Gasteiger partial charge in [0.1, 0.15) is 0 Å². The molecule has 1 aliphatic heterocycles. The molecule has 1 amide bonds. The summed E-state index contributed by atoms with van der Waals surface area (Å²) in [6.07, 6.45) is 0.537. The fourth-order valence-corrected chi connectivity index (χ4v) is 5.83. The summed E-state index contributed by atoms with van der Waals surface area (Å²) in [5.41, 5.74) is 0.931. The molecule has 0 aliphatic carbocycles. The Morgan fingerprint density at radius 1 is 1.39 bits per heavy atom. The highest BCUT2D eigenvalue weighted by atomic mass is 35.5. The zero-order chi connectivity index (χ0) is 17.0. The van der Waals surface area contributed by atoms with Gasteiger partial charge in [-0.15, -0.1) is 11.8 Å². The summed E-state index contributed by atoms with van der Waals surface area (Å²) in [5, 5.41) is 1.17. The number of carbonyl (C=O) groups is 1. The normalized spacial score (nSPS) is 19.7. The lowest BCUT2D eigenvalue weighted by Crippen LogP contribution is -2.41. The van der Waals surface area contributed by atoms with Gasteiger partial charge in [-0.05, 0) is 31.0 Å². The van der Waals surface area contributed by atoms with Crippen molar-refractivity contribution in [1.82, 2.24) is 4.90 Å². The van der Waals surface area contributed by atoms with Crippen LogP contribution < -0.4 is 0 Å². The number of hydrogen-bond acceptors (Lipinski definition) is 4. The van der Waals surface area contributed by atoms with Gasteiger partial charge in [0.05, 0.1) is 17.3 Å². The molecular weight excluding hydrogens is 377 g/mol. The molecule has 0 aromatic heterocycles. The first kappa shape index (κ1) is 18.9. The Hall–Kier alpha value is -0.430. The van der Waals surface area contributed by atoms with Crippen molar-refractivity contribution in [3.05, 3.63) is 33.8 Å². The molecule has 1 unspecified atom stereocenters. The average molecular weight is 396 g/mol. The van der Waals surface area contributed by atoms with Crippen LogP contribution in [0.4, 0.5) is 0 Å². The Morgan fingerprint density at radius 2 is 2.13 bits per heavy atom. The minimum Gasteiger partial charge on any atom is -0.338 e. The molecule has 1 saturated heterocycles. The molecule has 0 radical (unpaired) electrons. The molecule has 8 heteroatoms. The fourth-order valence-electron chi connectivity index (χ4n) is 2.63. The lowest BCUT2D eigenvalue weighted by Gasteiger charge is -2.26. The summed E-state index contributed by atoms with van der Waals surface area (Å²) in [6, 6.07) is 5.12. The van der Waals surface area contributed by atoms with Crippen molar-refractivity contribution in [2.45, 2.75) is 25.1 Å². The summed E-state index contributed by atoms with van der Waals surface area (Å²) in [4.78, 5) is 14.0. The summed E-state index contributed by atoms with van der Waals surface area (Å²) in [6.45, 7) is 2.41. The van der Waals surface area contributed by atoms with Crippen LogP contribution in [-0.4, -0.2) is 49.1 Å². The number of benzene rings is 1. The molecule has 0 saturated carbocycles. The molecule has 1 heterocycles. The molecule has 1 aliphatic rings. The van der Waals surface area contributed by atoms with Crippen LogP contribution in [0, 0.1) is 0 Å². The first-order chi connectivity index (χ1) is 10.8. The molecule has 1 aromatic rings. The molecule has 1 atom stereocenters. The number of carbonyl (C=O) groups excluding carboxylic acids is 1. The SMILES string of the molecule is CCN(C(=O)CSCc1ccc(Cl)cc1Cl)C1CCS(=O)(=O)C1. The van der Waals surface area contributed by atoms with Crippen molar-refractivity contribution in [1.29, 1.82) is 0 Å². The molecule has 0 N–H and O–H groups in total. The maximum atomic E-state index is 12.4. The molecule has 23 heavy (non-hydrogen) atoms. The van der Waals surface area contributed by atoms with E-state index in [-0.39, 0.29) is 23.5 Å². The van der Waals surface area contributed by atoms with Crippen molar-refractivity contribution in [3.8, 4) is 0 Å². The van der Waals surface area contributed by atoms with Gasteiger partial charge in [0.25, 0.3) is 0 Å². The third-order valence-corrected chi connectivity index (χ3v) is 7.11. The minimum absolute atomic E-state index is 0.0234. The molecule has 0 bridgehead atoms. The first-order valence-corrected chi connectivity index (χ1v) is 11.1. The van der Waals surface area contributed by atoms with Crippen LogP contribution in [0.25, 0.3) is 0 Å². The molecule has 4 nitrogen and oxygen atoms in total. The number of rotatable bonds is 6. The lowest BCUT2D eigenvalue weighted by molar-refractivity contribution is -0.129. The van der Waals surface area contributed by atoms with Gasteiger partial charge in [0.15, 0.2) is 9.84 Å². The maximum Gasteiger partial charge on any atom is 0.232 e. The van der Waals surface area contributed by atoms with Gasteiger partial charge >= 0.3 is 0 Å². The predicted octanol–water partition coefficient (Wildman–Crippen LogP) is 3.26. The highest BCUT2D eigenvalue weighted by molar-refractivity contribution is 7.99. The highest BCUT2D eigenvalue weighted by Gasteiger charge is 2.33. The average Bonchev–Trinajstić information content (AvgIpc) is 2.82. The summed E-state index contributed by atoms with van der Waals surface area (Å²) in [7, 11) is -2.99. The first-order valence-electron chi connectivity index (χ1n) is 7.34. The van der Waals surface area contributed by atoms with Crippen molar-refractivity contribution in [2.24, 2.45) is 0 Å². The lowest BCUT2D eigenvalue weighted by atomic mass is 10.2. The van der Waals surface area contributed by atoms with Crippen molar-refractivity contribution >= 4 is 50.7 Å². The number of nitrogens with zero attached hydrogens (tertiary/aromatic N) is 1. The van der Waals surface area contributed by atoms with Crippen LogP contribution >= 0.6 is 35.0 Å². The molecule has 0 spiro atoms. The van der Waals surface area contributed by atoms with Gasteiger partial charge in [-0.25, -0.2) is 8.42 Å². The summed E-state index contributed by atoms with van der Waals surface area (Å²) in [5.74, 6) is 1.16. The van der Waals surface area contributed by atoms with E-state index >= 15 is 0 Å². The van der Waals surface area contributed by atoms with Gasteiger partial charge in [0.2, 0.25) is 5.91 Å². The Labute approximate surface area is 151 Å². The third-order valence-electron chi connectivity index (χ3n) is 3.81. The standard InChI is InChI=1S/C15H19Cl2NO3S2/c1-2-18(13-5-6-23(20,21)10-13)15(19)9-22-8-11-3-4-12(16)7-14(11)17/h3-4,7,13H,2,5-6,8-10H2,1H3. The Bertz CT molecular complexity index is 679. The second-order valence-electron chi connectivity index (χ2n) is 5.47. The second-order valence-corrected chi connectivity index (χ2v) is 9.52. The fraction of sp³-hybridized carbons (Fsp3) is 0.533. The van der Waals surface area contributed by atoms with E-state index < -0.39 is 9.84 Å². The quantitative estimate of drug-likeness (QED) is 0.741. The number of amides is 1. The van der Waals surface area contributed by atoms with E-state index in [4.69, 9.17) is 23.2 Å². The van der Waals surface area contributed by atoms with Gasteiger partial charge in [-0.3, -0.25) is 4.79 Å². The predicted molar refractivity (Wildman–Crippen MR) is 97.1 cm³/mol. The Balaban J connectivity index is 1.88. The number of hydrogen-bond donors (Lipinski definition) is 0. The van der Waals surface area contributed by atoms with Gasteiger partial charge < -0.3 is 4.90 Å². The maximum absolute atomic E-state index is 12.4. The van der Waals surface area contributed by atoms with Crippen molar-refractivity contribution < 1.29 is 13.2 Å². The molecule has 1 fully saturated rings. The molecule has 128 valence electrons. The van der Waals surface area contributed by atoms with Gasteiger partial charge in [-0.2, -0.15) is 0 Å². The third kappa shape index (κ3) is 5.28. The van der Waals surface area contributed by atoms with E-state index in [1.165, 1.54) is 11.8 Å². The molecule has 2 rings (SSSR count). The second kappa shape index (κ2) is 8.10. The van der Waals surface area contributed by atoms with Crippen molar-refractivity contribution in [2.75, 3.05) is 23.8 Å². The topological polar surface area (TPSA) is 54.5 Å². The molecule has 1 aromatic carbocycles. The van der Waals surface area contributed by atoms with E-state index in [9.17, 15) is 13.2 Å². The zero-order valence-corrected chi connectivity index (χ0v) is 15.9. The van der Waals surface area contributed by atoms with Crippen LogP contribution in [0.3, 0.4) is 0 Å². The molecular formula is C15H19Cl2NO3S2. The van der Waals surface area contributed by atoms with Gasteiger partial charge in [-0.1, -0.05) is 29.3 Å². The van der Waals surface area contributed by atoms with E-state index in [1.54, 1.807) is 17.0 Å². The van der Waals surface area contributed by atoms with Crippen LogP contribution in [0.1, 0.15) is 18.9 Å². The number of thioether (sulfide) groups is 1. The Morgan fingerprint density at radius 3 is 2.70 bits per heavy atom.